The van der Waals surface area contributed by atoms with E-state index in [0.29, 0.717) is 0 Å². The Balaban J connectivity index is 1.65. The van der Waals surface area contributed by atoms with E-state index in [4.69, 9.17) is 0 Å². The number of likely N-dealkylation sites (tertiary alicyclic amines) is 1. The van der Waals surface area contributed by atoms with Crippen molar-refractivity contribution in [3.8, 4) is 0 Å². The zero-order chi connectivity index (χ0) is 16.6. The molecule has 1 saturated heterocycles. The molecule has 1 aromatic carbocycles. The van der Waals surface area contributed by atoms with E-state index in [-0.39, 0.29) is 11.3 Å². The summed E-state index contributed by atoms with van der Waals surface area (Å²) in [6, 6.07) is 12.3. The molecule has 0 bridgehead atoms. The Hall–Kier alpha value is -1.91. The first-order chi connectivity index (χ1) is 11.7. The van der Waals surface area contributed by atoms with Crippen molar-refractivity contribution < 1.29 is 4.79 Å². The lowest BCUT2D eigenvalue weighted by Crippen LogP contribution is -2.46. The van der Waals surface area contributed by atoms with E-state index < -0.39 is 0 Å². The Morgan fingerprint density at radius 1 is 1.21 bits per heavy atom. The van der Waals surface area contributed by atoms with Gasteiger partial charge >= 0.3 is 0 Å². The van der Waals surface area contributed by atoms with E-state index in [1.54, 1.807) is 0 Å². The summed E-state index contributed by atoms with van der Waals surface area (Å²) in [6.07, 6.45) is 4.19. The second-order valence-corrected chi connectivity index (χ2v) is 7.70. The standard InChI is InChI=1S/C20H22N2OS/c1-2-11-21-12-9-20(10-13-21)15-22(17-7-4-3-6-16(17)20)19(23)18-8-5-14-24-18/h2-8,14H,1,9-13,15H2. The van der Waals surface area contributed by atoms with Gasteiger partial charge in [-0.05, 0) is 49.0 Å². The molecule has 4 rings (SSSR count). The summed E-state index contributed by atoms with van der Waals surface area (Å²) in [5.74, 6) is 0.142. The Morgan fingerprint density at radius 2 is 2.00 bits per heavy atom. The summed E-state index contributed by atoms with van der Waals surface area (Å²) < 4.78 is 0. The Kier molecular flexibility index (Phi) is 4.02. The van der Waals surface area contributed by atoms with Crippen molar-refractivity contribution in [3.63, 3.8) is 0 Å². The third-order valence-corrected chi connectivity index (χ3v) is 6.26. The smallest absolute Gasteiger partial charge is 0.268 e. The van der Waals surface area contributed by atoms with Crippen molar-refractivity contribution in [2.24, 2.45) is 0 Å². The minimum atomic E-state index is 0.112. The van der Waals surface area contributed by atoms with Gasteiger partial charge in [-0.25, -0.2) is 0 Å². The average Bonchev–Trinajstić information content (AvgIpc) is 3.25. The Labute approximate surface area is 147 Å². The van der Waals surface area contributed by atoms with E-state index in [1.165, 1.54) is 16.9 Å². The molecule has 2 aliphatic heterocycles. The molecule has 0 aliphatic carbocycles. The lowest BCUT2D eigenvalue weighted by atomic mass is 9.74. The third kappa shape index (κ3) is 2.50. The van der Waals surface area contributed by atoms with Crippen LogP contribution in [0.2, 0.25) is 0 Å². The fourth-order valence-corrected chi connectivity index (χ4v) is 4.79. The van der Waals surface area contributed by atoms with Gasteiger partial charge in [0, 0.05) is 24.2 Å². The molecule has 1 amide bonds. The van der Waals surface area contributed by atoms with E-state index in [9.17, 15) is 4.79 Å². The summed E-state index contributed by atoms with van der Waals surface area (Å²) in [6.45, 7) is 7.76. The largest absolute Gasteiger partial charge is 0.306 e. The number of amides is 1. The van der Waals surface area contributed by atoms with Crippen LogP contribution in [0.25, 0.3) is 0 Å². The molecule has 2 aliphatic rings. The summed E-state index contributed by atoms with van der Waals surface area (Å²) in [5, 5.41) is 1.97. The maximum atomic E-state index is 13.0. The van der Waals surface area contributed by atoms with Crippen LogP contribution in [0.4, 0.5) is 5.69 Å². The molecule has 3 nitrogen and oxygen atoms in total. The number of thiophene rings is 1. The third-order valence-electron chi connectivity index (χ3n) is 5.40. The highest BCUT2D eigenvalue weighted by Crippen LogP contribution is 2.47. The highest BCUT2D eigenvalue weighted by Gasteiger charge is 2.46. The molecule has 24 heavy (non-hydrogen) atoms. The number of carbonyl (C=O) groups excluding carboxylic acids is 1. The van der Waals surface area contributed by atoms with Crippen LogP contribution in [0.15, 0.2) is 54.4 Å². The minimum absolute atomic E-state index is 0.112. The fraction of sp³-hybridized carbons (Fsp3) is 0.350. The van der Waals surface area contributed by atoms with Gasteiger partial charge in [-0.1, -0.05) is 30.3 Å². The topological polar surface area (TPSA) is 23.6 Å². The number of hydrogen-bond donors (Lipinski definition) is 0. The molecule has 0 unspecified atom stereocenters. The number of hydrogen-bond acceptors (Lipinski definition) is 3. The first-order valence-electron chi connectivity index (χ1n) is 8.52. The second-order valence-electron chi connectivity index (χ2n) is 6.76. The number of anilines is 1. The maximum Gasteiger partial charge on any atom is 0.268 e. The number of benzene rings is 1. The van der Waals surface area contributed by atoms with Crippen molar-refractivity contribution in [2.45, 2.75) is 18.3 Å². The second kappa shape index (κ2) is 6.19. The van der Waals surface area contributed by atoms with Gasteiger partial charge in [0.25, 0.3) is 5.91 Å². The molecule has 3 heterocycles. The van der Waals surface area contributed by atoms with Gasteiger partial charge in [-0.2, -0.15) is 0 Å². The molecule has 0 N–H and O–H groups in total. The number of piperidine rings is 1. The molecule has 2 aromatic rings. The van der Waals surface area contributed by atoms with Crippen molar-refractivity contribution in [2.75, 3.05) is 31.1 Å². The first-order valence-corrected chi connectivity index (χ1v) is 9.40. The molecule has 1 aromatic heterocycles. The predicted octanol–water partition coefficient (Wildman–Crippen LogP) is 3.93. The highest BCUT2D eigenvalue weighted by atomic mass is 32.1. The monoisotopic (exact) mass is 338 g/mol. The highest BCUT2D eigenvalue weighted by molar-refractivity contribution is 7.12. The van der Waals surface area contributed by atoms with Gasteiger partial charge < -0.3 is 4.90 Å². The Morgan fingerprint density at radius 3 is 2.71 bits per heavy atom. The van der Waals surface area contributed by atoms with Crippen LogP contribution < -0.4 is 4.90 Å². The summed E-state index contributed by atoms with van der Waals surface area (Å²) in [7, 11) is 0. The van der Waals surface area contributed by atoms with Crippen LogP contribution in [-0.2, 0) is 5.41 Å². The number of carbonyl (C=O) groups is 1. The Bertz CT molecular complexity index is 745. The number of fused-ring (bicyclic) bond motifs is 2. The molecule has 1 spiro atoms. The molecule has 1 fully saturated rings. The van der Waals surface area contributed by atoms with Gasteiger partial charge in [0.2, 0.25) is 0 Å². The molecule has 124 valence electrons. The van der Waals surface area contributed by atoms with Crippen LogP contribution in [0.1, 0.15) is 28.1 Å². The van der Waals surface area contributed by atoms with E-state index in [1.807, 2.05) is 34.6 Å². The van der Waals surface area contributed by atoms with Crippen molar-refractivity contribution in [3.05, 3.63) is 64.9 Å². The van der Waals surface area contributed by atoms with Crippen LogP contribution >= 0.6 is 11.3 Å². The van der Waals surface area contributed by atoms with Gasteiger partial charge in [0.1, 0.15) is 0 Å². The van der Waals surface area contributed by atoms with Crippen molar-refractivity contribution >= 4 is 22.9 Å². The van der Waals surface area contributed by atoms with Gasteiger partial charge in [0.05, 0.1) is 4.88 Å². The molecular formula is C20H22N2OS. The average molecular weight is 338 g/mol. The van der Waals surface area contributed by atoms with Crippen LogP contribution in [-0.4, -0.2) is 37.0 Å². The predicted molar refractivity (Wildman–Crippen MR) is 100.0 cm³/mol. The zero-order valence-electron chi connectivity index (χ0n) is 13.8. The molecule has 0 radical (unpaired) electrons. The van der Waals surface area contributed by atoms with Crippen LogP contribution in [0.5, 0.6) is 0 Å². The SMILES string of the molecule is C=CCN1CCC2(CC1)CN(C(=O)c1cccs1)c1ccccc12. The zero-order valence-corrected chi connectivity index (χ0v) is 14.6. The normalized spacial score (nSPS) is 19.4. The molecule has 0 atom stereocenters. The van der Waals surface area contributed by atoms with Crippen LogP contribution in [0, 0.1) is 0 Å². The van der Waals surface area contributed by atoms with Crippen LogP contribution in [0.3, 0.4) is 0 Å². The van der Waals surface area contributed by atoms with Gasteiger partial charge in [-0.15, -0.1) is 17.9 Å². The number of rotatable bonds is 3. The lowest BCUT2D eigenvalue weighted by molar-refractivity contribution is 0.0981. The van der Waals surface area contributed by atoms with Gasteiger partial charge in [0.15, 0.2) is 0 Å². The number of nitrogens with zero attached hydrogens (tertiary/aromatic N) is 2. The first kappa shape index (κ1) is 15.6. The van der Waals surface area contributed by atoms with Gasteiger partial charge in [-0.3, -0.25) is 9.69 Å². The van der Waals surface area contributed by atoms with E-state index in [0.717, 1.165) is 49.6 Å². The summed E-state index contributed by atoms with van der Waals surface area (Å²) >= 11 is 1.52. The molecule has 0 saturated carbocycles. The lowest BCUT2D eigenvalue weighted by Gasteiger charge is -2.39. The van der Waals surface area contributed by atoms with Crippen molar-refractivity contribution in [1.29, 1.82) is 0 Å². The fourth-order valence-electron chi connectivity index (χ4n) is 4.12. The summed E-state index contributed by atoms with van der Waals surface area (Å²) in [4.78, 5) is 18.3. The molecular weight excluding hydrogens is 316 g/mol. The summed E-state index contributed by atoms with van der Waals surface area (Å²) in [5.41, 5.74) is 2.57. The van der Waals surface area contributed by atoms with E-state index >= 15 is 0 Å². The molecule has 4 heteroatoms. The maximum absolute atomic E-state index is 13.0. The quantitative estimate of drug-likeness (QED) is 0.792. The minimum Gasteiger partial charge on any atom is -0.306 e. The number of para-hydroxylation sites is 1. The van der Waals surface area contributed by atoms with Crippen molar-refractivity contribution in [1.82, 2.24) is 4.90 Å². The van der Waals surface area contributed by atoms with E-state index in [2.05, 4.69) is 29.7 Å².